The first-order chi connectivity index (χ1) is 13.7. The van der Waals surface area contributed by atoms with Gasteiger partial charge >= 0.3 is 0 Å². The third-order valence-corrected chi connectivity index (χ3v) is 4.44. The summed E-state index contributed by atoms with van der Waals surface area (Å²) in [5.74, 6) is 0.923. The van der Waals surface area contributed by atoms with E-state index in [1.807, 2.05) is 43.5 Å². The molecule has 0 radical (unpaired) electrons. The van der Waals surface area contributed by atoms with Gasteiger partial charge in [0.25, 0.3) is 0 Å². The zero-order chi connectivity index (χ0) is 19.8. The molecular weight excluding hydrogens is 379 g/mol. The van der Waals surface area contributed by atoms with E-state index >= 15 is 0 Å². The van der Waals surface area contributed by atoms with E-state index in [9.17, 15) is 4.39 Å². The molecule has 28 heavy (non-hydrogen) atoms. The fourth-order valence-corrected chi connectivity index (χ4v) is 2.92. The van der Waals surface area contributed by atoms with Crippen molar-refractivity contribution in [3.8, 4) is 11.5 Å². The topological polar surface area (TPSA) is 43.4 Å². The molecule has 0 fully saturated rings. The molecule has 0 aliphatic heterocycles. The maximum absolute atomic E-state index is 13.2. The lowest BCUT2D eigenvalue weighted by Gasteiger charge is -2.14. The molecule has 6 heteroatoms. The molecule has 0 bridgehead atoms. The molecular formula is C22H22ClFN2O2. The first-order valence-electron chi connectivity index (χ1n) is 9.07. The number of hydrogen-bond acceptors (Lipinski definition) is 4. The Labute approximate surface area is 169 Å². The second-order valence-corrected chi connectivity index (χ2v) is 6.61. The summed E-state index contributed by atoms with van der Waals surface area (Å²) in [4.78, 5) is 4.11. The smallest absolute Gasteiger partial charge is 0.161 e. The zero-order valence-electron chi connectivity index (χ0n) is 15.6. The third-order valence-electron chi connectivity index (χ3n) is 4.09. The van der Waals surface area contributed by atoms with Crippen molar-refractivity contribution in [3.05, 3.63) is 88.5 Å². The van der Waals surface area contributed by atoms with Crippen LogP contribution in [0.2, 0.25) is 5.02 Å². The van der Waals surface area contributed by atoms with E-state index in [1.165, 1.54) is 12.1 Å². The summed E-state index contributed by atoms with van der Waals surface area (Å²) >= 11 is 6.07. The molecule has 0 atom stereocenters. The van der Waals surface area contributed by atoms with Crippen LogP contribution in [0.25, 0.3) is 0 Å². The highest BCUT2D eigenvalue weighted by atomic mass is 35.5. The van der Waals surface area contributed by atoms with E-state index in [2.05, 4.69) is 10.3 Å². The Balaban J connectivity index is 1.63. The van der Waals surface area contributed by atoms with Crippen LogP contribution in [0, 0.1) is 5.82 Å². The van der Waals surface area contributed by atoms with E-state index in [0.29, 0.717) is 35.2 Å². The van der Waals surface area contributed by atoms with E-state index in [0.717, 1.165) is 17.7 Å². The molecule has 146 valence electrons. The highest BCUT2D eigenvalue weighted by Gasteiger charge is 2.09. The van der Waals surface area contributed by atoms with Crippen LogP contribution in [0.5, 0.6) is 11.5 Å². The molecule has 0 unspecified atom stereocenters. The first-order valence-corrected chi connectivity index (χ1v) is 9.45. The van der Waals surface area contributed by atoms with Crippen LogP contribution in [0.1, 0.15) is 23.6 Å². The van der Waals surface area contributed by atoms with Gasteiger partial charge in [0.15, 0.2) is 11.5 Å². The summed E-state index contributed by atoms with van der Waals surface area (Å²) in [6.45, 7) is 4.12. The SMILES string of the molecule is CCOc1cc(CNCc2cccnc2)ccc1OCc1ccc(F)cc1Cl. The number of nitrogens with zero attached hydrogens (tertiary/aromatic N) is 1. The number of halogens is 2. The summed E-state index contributed by atoms with van der Waals surface area (Å²) in [7, 11) is 0. The summed E-state index contributed by atoms with van der Waals surface area (Å²) < 4.78 is 24.8. The number of aromatic nitrogens is 1. The number of nitrogens with one attached hydrogen (secondary N) is 1. The fourth-order valence-electron chi connectivity index (χ4n) is 2.70. The van der Waals surface area contributed by atoms with Crippen LogP contribution in [-0.2, 0) is 19.7 Å². The summed E-state index contributed by atoms with van der Waals surface area (Å²) in [6, 6.07) is 14.0. The summed E-state index contributed by atoms with van der Waals surface area (Å²) in [5, 5.41) is 3.73. The van der Waals surface area contributed by atoms with Crippen molar-refractivity contribution in [2.24, 2.45) is 0 Å². The molecule has 1 aromatic heterocycles. The molecule has 0 saturated heterocycles. The number of hydrogen-bond donors (Lipinski definition) is 1. The van der Waals surface area contributed by atoms with E-state index < -0.39 is 0 Å². The Morgan fingerprint density at radius 3 is 2.61 bits per heavy atom. The maximum atomic E-state index is 13.2. The van der Waals surface area contributed by atoms with Crippen LogP contribution in [0.4, 0.5) is 4.39 Å². The minimum absolute atomic E-state index is 0.234. The molecule has 4 nitrogen and oxygen atoms in total. The lowest BCUT2D eigenvalue weighted by Crippen LogP contribution is -2.13. The Morgan fingerprint density at radius 1 is 1.00 bits per heavy atom. The maximum Gasteiger partial charge on any atom is 0.161 e. The van der Waals surface area contributed by atoms with E-state index in [1.54, 1.807) is 12.3 Å². The lowest BCUT2D eigenvalue weighted by molar-refractivity contribution is 0.269. The standard InChI is InChI=1S/C22H22ClFN2O2/c1-2-27-22-10-16(12-26-14-17-4-3-9-25-13-17)5-8-21(22)28-15-18-6-7-19(24)11-20(18)23/h3-11,13,26H,2,12,14-15H2,1H3. The normalized spacial score (nSPS) is 10.7. The van der Waals surface area contributed by atoms with Crippen molar-refractivity contribution in [3.63, 3.8) is 0 Å². The molecule has 1 N–H and O–H groups in total. The Hall–Kier alpha value is -2.63. The average molecular weight is 401 g/mol. The van der Waals surface area contributed by atoms with Gasteiger partial charge in [-0.05, 0) is 48.4 Å². The molecule has 0 aliphatic rings. The summed E-state index contributed by atoms with van der Waals surface area (Å²) in [5.41, 5.74) is 2.93. The van der Waals surface area contributed by atoms with Crippen LogP contribution in [0.15, 0.2) is 60.9 Å². The zero-order valence-corrected chi connectivity index (χ0v) is 16.4. The number of rotatable bonds is 9. The molecule has 0 saturated carbocycles. The molecule has 0 aliphatic carbocycles. The van der Waals surface area contributed by atoms with Crippen LogP contribution in [-0.4, -0.2) is 11.6 Å². The number of benzene rings is 2. The van der Waals surface area contributed by atoms with Gasteiger partial charge in [-0.15, -0.1) is 0 Å². The summed E-state index contributed by atoms with van der Waals surface area (Å²) in [6.07, 6.45) is 3.60. The lowest BCUT2D eigenvalue weighted by atomic mass is 10.2. The van der Waals surface area contributed by atoms with Gasteiger partial charge in [-0.25, -0.2) is 4.39 Å². The van der Waals surface area contributed by atoms with Crippen molar-refractivity contribution >= 4 is 11.6 Å². The molecule has 0 amide bonds. The first kappa shape index (κ1) is 20.1. The predicted molar refractivity (Wildman–Crippen MR) is 108 cm³/mol. The van der Waals surface area contributed by atoms with Gasteiger partial charge in [-0.1, -0.05) is 29.8 Å². The van der Waals surface area contributed by atoms with Gasteiger partial charge in [-0.2, -0.15) is 0 Å². The van der Waals surface area contributed by atoms with Crippen molar-refractivity contribution in [2.45, 2.75) is 26.6 Å². The van der Waals surface area contributed by atoms with Gasteiger partial charge in [0.1, 0.15) is 12.4 Å². The van der Waals surface area contributed by atoms with Gasteiger partial charge in [0, 0.05) is 31.0 Å². The number of pyridine rings is 1. The second kappa shape index (κ2) is 10.1. The highest BCUT2D eigenvalue weighted by Crippen LogP contribution is 2.30. The van der Waals surface area contributed by atoms with E-state index in [4.69, 9.17) is 21.1 Å². The Morgan fingerprint density at radius 2 is 1.86 bits per heavy atom. The van der Waals surface area contributed by atoms with E-state index in [-0.39, 0.29) is 12.4 Å². The van der Waals surface area contributed by atoms with Crippen molar-refractivity contribution < 1.29 is 13.9 Å². The van der Waals surface area contributed by atoms with Gasteiger partial charge in [0.2, 0.25) is 0 Å². The average Bonchev–Trinajstić information content (AvgIpc) is 2.69. The van der Waals surface area contributed by atoms with Crippen LogP contribution in [0.3, 0.4) is 0 Å². The molecule has 3 aromatic rings. The highest BCUT2D eigenvalue weighted by molar-refractivity contribution is 6.31. The number of ether oxygens (including phenoxy) is 2. The molecule has 2 aromatic carbocycles. The third kappa shape index (κ3) is 5.68. The quantitative estimate of drug-likeness (QED) is 0.540. The molecule has 3 rings (SSSR count). The van der Waals surface area contributed by atoms with Crippen molar-refractivity contribution in [2.75, 3.05) is 6.61 Å². The fraction of sp³-hybridized carbons (Fsp3) is 0.227. The largest absolute Gasteiger partial charge is 0.490 e. The van der Waals surface area contributed by atoms with Gasteiger partial charge < -0.3 is 14.8 Å². The monoisotopic (exact) mass is 400 g/mol. The van der Waals surface area contributed by atoms with Crippen LogP contribution >= 0.6 is 11.6 Å². The van der Waals surface area contributed by atoms with Gasteiger partial charge in [0.05, 0.1) is 11.6 Å². The van der Waals surface area contributed by atoms with Crippen molar-refractivity contribution in [1.82, 2.24) is 10.3 Å². The second-order valence-electron chi connectivity index (χ2n) is 6.20. The minimum Gasteiger partial charge on any atom is -0.490 e. The molecule has 1 heterocycles. The molecule has 0 spiro atoms. The van der Waals surface area contributed by atoms with Gasteiger partial charge in [-0.3, -0.25) is 4.98 Å². The minimum atomic E-state index is -0.369. The Bertz CT molecular complexity index is 906. The van der Waals surface area contributed by atoms with Crippen molar-refractivity contribution in [1.29, 1.82) is 0 Å². The van der Waals surface area contributed by atoms with Crippen LogP contribution < -0.4 is 14.8 Å². The predicted octanol–water partition coefficient (Wildman–Crippen LogP) is 5.14. The Kier molecular flexibility index (Phi) is 7.23.